The van der Waals surface area contributed by atoms with Crippen LogP contribution in [0.5, 0.6) is 0 Å². The van der Waals surface area contributed by atoms with Crippen LogP contribution in [0.2, 0.25) is 0 Å². The first-order valence-corrected chi connectivity index (χ1v) is 8.55. The van der Waals surface area contributed by atoms with Crippen LogP contribution in [0.4, 0.5) is 0 Å². The first-order chi connectivity index (χ1) is 10.1. The van der Waals surface area contributed by atoms with Crippen molar-refractivity contribution in [3.8, 4) is 0 Å². The Labute approximate surface area is 131 Å². The molecule has 0 fully saturated rings. The molecule has 1 aromatic carbocycles. The van der Waals surface area contributed by atoms with Crippen LogP contribution in [0.3, 0.4) is 0 Å². The molecule has 0 bridgehead atoms. The second-order valence-electron chi connectivity index (χ2n) is 6.19. The van der Waals surface area contributed by atoms with Gasteiger partial charge in [0.25, 0.3) is 0 Å². The molecule has 0 amide bonds. The summed E-state index contributed by atoms with van der Waals surface area (Å²) in [5, 5.41) is 3.51. The third kappa shape index (κ3) is 7.63. The van der Waals surface area contributed by atoms with E-state index >= 15 is 0 Å². The fourth-order valence-electron chi connectivity index (χ4n) is 2.48. The molecule has 1 unspecified atom stereocenters. The third-order valence-electron chi connectivity index (χ3n) is 3.81. The van der Waals surface area contributed by atoms with Crippen molar-refractivity contribution in [2.75, 3.05) is 13.2 Å². The van der Waals surface area contributed by atoms with Gasteiger partial charge in [-0.25, -0.2) is 0 Å². The van der Waals surface area contributed by atoms with E-state index in [1.807, 2.05) is 0 Å². The number of unbranched alkanes of at least 4 members (excludes halogenated alkanes) is 4. The van der Waals surface area contributed by atoms with Crippen LogP contribution in [0.1, 0.15) is 70.1 Å². The van der Waals surface area contributed by atoms with E-state index in [9.17, 15) is 0 Å². The number of ether oxygens (including phenoxy) is 1. The van der Waals surface area contributed by atoms with Gasteiger partial charge in [0.05, 0.1) is 6.10 Å². The van der Waals surface area contributed by atoms with Crippen molar-refractivity contribution in [2.24, 2.45) is 0 Å². The van der Waals surface area contributed by atoms with Crippen LogP contribution in [0.25, 0.3) is 0 Å². The minimum atomic E-state index is 0.166. The van der Waals surface area contributed by atoms with E-state index < -0.39 is 0 Å². The van der Waals surface area contributed by atoms with Crippen LogP contribution >= 0.6 is 0 Å². The van der Waals surface area contributed by atoms with Crippen molar-refractivity contribution in [1.29, 1.82) is 0 Å². The van der Waals surface area contributed by atoms with Crippen LogP contribution in [-0.4, -0.2) is 19.2 Å². The highest BCUT2D eigenvalue weighted by Crippen LogP contribution is 2.21. The highest BCUT2D eigenvalue weighted by molar-refractivity contribution is 5.28. The van der Waals surface area contributed by atoms with Crippen LogP contribution in [0.15, 0.2) is 24.3 Å². The Morgan fingerprint density at radius 3 is 2.43 bits per heavy atom. The molecule has 0 aromatic heterocycles. The standard InChI is InChI=1S/C19H33NO/c1-5-6-7-8-11-14-21-19(15-20-16(2)3)18-13-10-9-12-17(18)4/h9-10,12-13,16,19-20H,5-8,11,14-15H2,1-4H3. The van der Waals surface area contributed by atoms with Crippen molar-refractivity contribution in [1.82, 2.24) is 5.32 Å². The molecule has 0 aliphatic rings. The van der Waals surface area contributed by atoms with Crippen LogP contribution in [-0.2, 0) is 4.74 Å². The molecule has 0 spiro atoms. The zero-order valence-electron chi connectivity index (χ0n) is 14.3. The molecule has 1 aromatic rings. The van der Waals surface area contributed by atoms with Gasteiger partial charge >= 0.3 is 0 Å². The van der Waals surface area contributed by atoms with E-state index in [0.29, 0.717) is 6.04 Å². The number of benzene rings is 1. The summed E-state index contributed by atoms with van der Waals surface area (Å²) in [6.07, 6.45) is 6.59. The van der Waals surface area contributed by atoms with E-state index in [-0.39, 0.29) is 6.10 Å². The van der Waals surface area contributed by atoms with E-state index in [2.05, 4.69) is 57.3 Å². The van der Waals surface area contributed by atoms with Gasteiger partial charge < -0.3 is 10.1 Å². The van der Waals surface area contributed by atoms with Crippen molar-refractivity contribution in [3.63, 3.8) is 0 Å². The van der Waals surface area contributed by atoms with Crippen LogP contribution < -0.4 is 5.32 Å². The predicted octanol–water partition coefficient (Wildman–Crippen LogP) is 5.02. The van der Waals surface area contributed by atoms with E-state index in [4.69, 9.17) is 4.74 Å². The number of hydrogen-bond acceptors (Lipinski definition) is 2. The Balaban J connectivity index is 2.47. The average molecular weight is 291 g/mol. The molecular weight excluding hydrogens is 258 g/mol. The SMILES string of the molecule is CCCCCCCOC(CNC(C)C)c1ccccc1C. The molecular formula is C19H33NO. The second-order valence-corrected chi connectivity index (χ2v) is 6.19. The van der Waals surface area contributed by atoms with Crippen molar-refractivity contribution in [3.05, 3.63) is 35.4 Å². The molecule has 0 aliphatic carbocycles. The molecule has 0 radical (unpaired) electrons. The summed E-state index contributed by atoms with van der Waals surface area (Å²) < 4.78 is 6.18. The number of rotatable bonds is 11. The number of nitrogens with one attached hydrogen (secondary N) is 1. The quantitative estimate of drug-likeness (QED) is 0.578. The summed E-state index contributed by atoms with van der Waals surface area (Å²) in [5.74, 6) is 0. The molecule has 1 atom stereocenters. The minimum absolute atomic E-state index is 0.166. The lowest BCUT2D eigenvalue weighted by Crippen LogP contribution is -2.29. The van der Waals surface area contributed by atoms with Gasteiger partial charge in [0.2, 0.25) is 0 Å². The Morgan fingerprint density at radius 1 is 1.05 bits per heavy atom. The van der Waals surface area contributed by atoms with Gasteiger partial charge in [-0.1, -0.05) is 70.7 Å². The first kappa shape index (κ1) is 18.2. The summed E-state index contributed by atoms with van der Waals surface area (Å²) in [4.78, 5) is 0. The summed E-state index contributed by atoms with van der Waals surface area (Å²) in [7, 11) is 0. The zero-order valence-corrected chi connectivity index (χ0v) is 14.3. The molecule has 1 rings (SSSR count). The van der Waals surface area contributed by atoms with Crippen molar-refractivity contribution < 1.29 is 4.74 Å². The molecule has 2 nitrogen and oxygen atoms in total. The summed E-state index contributed by atoms with van der Waals surface area (Å²) in [5.41, 5.74) is 2.64. The smallest absolute Gasteiger partial charge is 0.0951 e. The minimum Gasteiger partial charge on any atom is -0.372 e. The largest absolute Gasteiger partial charge is 0.372 e. The number of aryl methyl sites for hydroxylation is 1. The lowest BCUT2D eigenvalue weighted by molar-refractivity contribution is 0.0481. The number of hydrogen-bond donors (Lipinski definition) is 1. The summed E-state index contributed by atoms with van der Waals surface area (Å²) in [6.45, 7) is 10.5. The second kappa shape index (κ2) is 10.8. The lowest BCUT2D eigenvalue weighted by Gasteiger charge is -2.22. The molecule has 120 valence electrons. The van der Waals surface area contributed by atoms with E-state index in [1.54, 1.807) is 0 Å². The Hall–Kier alpha value is -0.860. The molecule has 21 heavy (non-hydrogen) atoms. The maximum Gasteiger partial charge on any atom is 0.0951 e. The van der Waals surface area contributed by atoms with Gasteiger partial charge in [0, 0.05) is 19.2 Å². The predicted molar refractivity (Wildman–Crippen MR) is 91.8 cm³/mol. The molecule has 2 heteroatoms. The highest BCUT2D eigenvalue weighted by Gasteiger charge is 2.14. The zero-order chi connectivity index (χ0) is 15.5. The normalized spacial score (nSPS) is 12.8. The van der Waals surface area contributed by atoms with Crippen molar-refractivity contribution >= 4 is 0 Å². The van der Waals surface area contributed by atoms with E-state index in [1.165, 1.54) is 43.2 Å². The maximum absolute atomic E-state index is 6.18. The Morgan fingerprint density at radius 2 is 1.76 bits per heavy atom. The molecule has 0 saturated carbocycles. The molecule has 0 saturated heterocycles. The molecule has 0 aliphatic heterocycles. The van der Waals surface area contributed by atoms with Gasteiger partial charge in [-0.2, -0.15) is 0 Å². The van der Waals surface area contributed by atoms with Gasteiger partial charge in [-0.3, -0.25) is 0 Å². The lowest BCUT2D eigenvalue weighted by atomic mass is 10.0. The molecule has 1 N–H and O–H groups in total. The molecule has 0 heterocycles. The third-order valence-corrected chi connectivity index (χ3v) is 3.81. The fourth-order valence-corrected chi connectivity index (χ4v) is 2.48. The Bertz CT molecular complexity index is 376. The van der Waals surface area contributed by atoms with Gasteiger partial charge in [-0.15, -0.1) is 0 Å². The van der Waals surface area contributed by atoms with Gasteiger partial charge in [0.15, 0.2) is 0 Å². The average Bonchev–Trinajstić information content (AvgIpc) is 2.46. The summed E-state index contributed by atoms with van der Waals surface area (Å²) >= 11 is 0. The first-order valence-electron chi connectivity index (χ1n) is 8.55. The highest BCUT2D eigenvalue weighted by atomic mass is 16.5. The monoisotopic (exact) mass is 291 g/mol. The summed E-state index contributed by atoms with van der Waals surface area (Å²) in [6, 6.07) is 9.05. The maximum atomic E-state index is 6.18. The van der Waals surface area contributed by atoms with Crippen LogP contribution in [0, 0.1) is 6.92 Å². The van der Waals surface area contributed by atoms with Crippen molar-refractivity contribution in [2.45, 2.75) is 71.9 Å². The Kier molecular flexibility index (Phi) is 9.36. The van der Waals surface area contributed by atoms with Gasteiger partial charge in [0.1, 0.15) is 0 Å². The van der Waals surface area contributed by atoms with E-state index in [0.717, 1.165) is 13.2 Å². The topological polar surface area (TPSA) is 21.3 Å². The van der Waals surface area contributed by atoms with Gasteiger partial charge in [-0.05, 0) is 24.5 Å². The fraction of sp³-hybridized carbons (Fsp3) is 0.684.